The minimum atomic E-state index is -1.08. The monoisotopic (exact) mass is 291 g/mol. The number of carboxylic acids is 1. The average molecular weight is 291 g/mol. The lowest BCUT2D eigenvalue weighted by molar-refractivity contribution is -0.143. The van der Waals surface area contributed by atoms with E-state index in [1.807, 2.05) is 0 Å². The molecular weight excluding hydrogens is 274 g/mol. The van der Waals surface area contributed by atoms with Crippen molar-refractivity contribution in [3.05, 3.63) is 29.3 Å². The van der Waals surface area contributed by atoms with Gasteiger partial charge in [-0.15, -0.1) is 0 Å². The molecule has 6 heteroatoms. The zero-order valence-corrected chi connectivity index (χ0v) is 11.5. The molecule has 0 radical (unpaired) electrons. The van der Waals surface area contributed by atoms with E-state index in [0.717, 1.165) is 24.2 Å². The zero-order chi connectivity index (χ0) is 14.8. The number of benzene rings is 1. The second kappa shape index (κ2) is 5.73. The Kier molecular flexibility index (Phi) is 3.79. The van der Waals surface area contributed by atoms with Crippen LogP contribution in [0.2, 0.25) is 0 Å². The molecule has 2 aliphatic rings. The number of carbonyl (C=O) groups excluding carboxylic acids is 1. The summed E-state index contributed by atoms with van der Waals surface area (Å²) in [6, 6.07) is 4.16. The van der Waals surface area contributed by atoms with E-state index in [9.17, 15) is 14.7 Å². The maximum absolute atomic E-state index is 12.0. The molecule has 21 heavy (non-hydrogen) atoms. The van der Waals surface area contributed by atoms with Crippen molar-refractivity contribution in [1.82, 2.24) is 5.32 Å². The zero-order valence-electron chi connectivity index (χ0n) is 11.5. The molecule has 0 unspecified atom stereocenters. The molecule has 0 aliphatic carbocycles. The van der Waals surface area contributed by atoms with E-state index in [1.54, 1.807) is 18.2 Å². The van der Waals surface area contributed by atoms with E-state index >= 15 is 0 Å². The van der Waals surface area contributed by atoms with E-state index in [0.29, 0.717) is 25.2 Å². The third kappa shape index (κ3) is 2.85. The minimum absolute atomic E-state index is 0.364. The number of carbonyl (C=O) groups is 2. The molecule has 6 nitrogen and oxygen atoms in total. The van der Waals surface area contributed by atoms with Crippen LogP contribution >= 0.6 is 0 Å². The van der Waals surface area contributed by atoms with Gasteiger partial charge in [0.15, 0.2) is 6.04 Å². The van der Waals surface area contributed by atoms with Crippen LogP contribution in [0.1, 0.15) is 30.0 Å². The third-order valence-corrected chi connectivity index (χ3v) is 3.80. The van der Waals surface area contributed by atoms with Gasteiger partial charge in [-0.3, -0.25) is 4.79 Å². The summed E-state index contributed by atoms with van der Waals surface area (Å²) in [6.45, 7) is 1.16. The number of aliphatic carboxylic acids is 1. The van der Waals surface area contributed by atoms with Gasteiger partial charge in [0.2, 0.25) is 5.91 Å². The maximum atomic E-state index is 12.0. The summed E-state index contributed by atoms with van der Waals surface area (Å²) in [5, 5.41) is 11.9. The summed E-state index contributed by atoms with van der Waals surface area (Å²) >= 11 is 0. The van der Waals surface area contributed by atoms with Gasteiger partial charge in [0.1, 0.15) is 11.9 Å². The lowest BCUT2D eigenvalue weighted by atomic mass is 10.0. The van der Waals surface area contributed by atoms with Gasteiger partial charge in [0.25, 0.3) is 0 Å². The average Bonchev–Trinajstić information content (AvgIpc) is 3.13. The summed E-state index contributed by atoms with van der Waals surface area (Å²) in [5.74, 6) is -0.662. The Morgan fingerprint density at radius 3 is 2.90 bits per heavy atom. The summed E-state index contributed by atoms with van der Waals surface area (Å²) < 4.78 is 10.7. The fourth-order valence-corrected chi connectivity index (χ4v) is 2.69. The second-order valence-electron chi connectivity index (χ2n) is 5.25. The van der Waals surface area contributed by atoms with Gasteiger partial charge in [-0.05, 0) is 36.1 Å². The highest BCUT2D eigenvalue weighted by Gasteiger charge is 2.29. The molecule has 0 spiro atoms. The summed E-state index contributed by atoms with van der Waals surface area (Å²) in [4.78, 5) is 23.5. The van der Waals surface area contributed by atoms with Crippen LogP contribution in [0.5, 0.6) is 5.75 Å². The number of ether oxygens (including phenoxy) is 2. The lowest BCUT2D eigenvalue weighted by Crippen LogP contribution is -2.40. The Morgan fingerprint density at radius 1 is 1.33 bits per heavy atom. The molecule has 0 saturated carbocycles. The molecule has 2 N–H and O–H groups in total. The quantitative estimate of drug-likeness (QED) is 0.866. The number of hydrogen-bond donors (Lipinski definition) is 2. The van der Waals surface area contributed by atoms with Gasteiger partial charge in [0.05, 0.1) is 6.61 Å². The Labute approximate surface area is 122 Å². The van der Waals surface area contributed by atoms with Crippen molar-refractivity contribution in [2.75, 3.05) is 13.2 Å². The molecule has 2 aliphatic heterocycles. The van der Waals surface area contributed by atoms with Gasteiger partial charge in [0, 0.05) is 13.0 Å². The van der Waals surface area contributed by atoms with Crippen molar-refractivity contribution in [2.45, 2.75) is 31.4 Å². The minimum Gasteiger partial charge on any atom is -0.493 e. The van der Waals surface area contributed by atoms with Gasteiger partial charge >= 0.3 is 5.97 Å². The Hall–Kier alpha value is -2.08. The van der Waals surface area contributed by atoms with Crippen molar-refractivity contribution in [2.24, 2.45) is 0 Å². The van der Waals surface area contributed by atoms with E-state index in [2.05, 4.69) is 5.32 Å². The maximum Gasteiger partial charge on any atom is 0.330 e. The van der Waals surface area contributed by atoms with Gasteiger partial charge in [-0.1, -0.05) is 6.07 Å². The smallest absolute Gasteiger partial charge is 0.330 e. The highest BCUT2D eigenvalue weighted by atomic mass is 16.5. The molecule has 0 bridgehead atoms. The van der Waals surface area contributed by atoms with Crippen LogP contribution in [0.25, 0.3) is 0 Å². The number of fused-ring (bicyclic) bond motifs is 1. The Balaban J connectivity index is 1.78. The van der Waals surface area contributed by atoms with Crippen molar-refractivity contribution >= 4 is 11.9 Å². The standard InChI is InChI=1S/C15H17NO5/c17-14(12-2-1-6-20-12)16-13(15(18)19)10-3-4-11-9(8-10)5-7-21-11/h3-4,8,12-13H,1-2,5-7H2,(H,16,17)(H,18,19)/t12-,13+/m0/s1. The third-order valence-electron chi connectivity index (χ3n) is 3.80. The normalized spacial score (nSPS) is 21.4. The van der Waals surface area contributed by atoms with Crippen LogP contribution in [0.15, 0.2) is 18.2 Å². The van der Waals surface area contributed by atoms with Crippen LogP contribution in [0.3, 0.4) is 0 Å². The number of nitrogens with one attached hydrogen (secondary N) is 1. The fourth-order valence-electron chi connectivity index (χ4n) is 2.69. The van der Waals surface area contributed by atoms with E-state index in [1.165, 1.54) is 0 Å². The number of hydrogen-bond acceptors (Lipinski definition) is 4. The SMILES string of the molecule is O=C(N[C@@H](C(=O)O)c1ccc2c(c1)CCO2)[C@@H]1CCCO1. The first-order valence-electron chi connectivity index (χ1n) is 7.05. The van der Waals surface area contributed by atoms with Crippen LogP contribution in [-0.4, -0.2) is 36.3 Å². The van der Waals surface area contributed by atoms with E-state index in [-0.39, 0.29) is 5.91 Å². The van der Waals surface area contributed by atoms with E-state index in [4.69, 9.17) is 9.47 Å². The molecule has 1 saturated heterocycles. The molecular formula is C15H17NO5. The Bertz CT molecular complexity index is 565. The predicted octanol–water partition coefficient (Wildman–Crippen LogP) is 1.04. The first kappa shape index (κ1) is 13.9. The van der Waals surface area contributed by atoms with Crippen molar-refractivity contribution in [3.63, 3.8) is 0 Å². The van der Waals surface area contributed by atoms with Crippen molar-refractivity contribution in [3.8, 4) is 5.75 Å². The first-order valence-corrected chi connectivity index (χ1v) is 7.05. The van der Waals surface area contributed by atoms with E-state index < -0.39 is 18.1 Å². The molecule has 0 aromatic heterocycles. The Morgan fingerprint density at radius 2 is 2.19 bits per heavy atom. The van der Waals surface area contributed by atoms with Gasteiger partial charge in [-0.25, -0.2) is 4.79 Å². The van der Waals surface area contributed by atoms with Gasteiger partial charge in [-0.2, -0.15) is 0 Å². The summed E-state index contributed by atoms with van der Waals surface area (Å²) in [6.07, 6.45) is 1.68. The lowest BCUT2D eigenvalue weighted by Gasteiger charge is -2.18. The summed E-state index contributed by atoms with van der Waals surface area (Å²) in [7, 11) is 0. The highest BCUT2D eigenvalue weighted by Crippen LogP contribution is 2.28. The first-order chi connectivity index (χ1) is 10.1. The van der Waals surface area contributed by atoms with Crippen molar-refractivity contribution in [1.29, 1.82) is 0 Å². The molecule has 1 fully saturated rings. The molecule has 1 aromatic carbocycles. The topological polar surface area (TPSA) is 84.9 Å². The van der Waals surface area contributed by atoms with Crippen LogP contribution < -0.4 is 10.1 Å². The van der Waals surface area contributed by atoms with Crippen LogP contribution in [-0.2, 0) is 20.7 Å². The molecule has 2 atom stereocenters. The highest BCUT2D eigenvalue weighted by molar-refractivity contribution is 5.87. The van der Waals surface area contributed by atoms with Crippen LogP contribution in [0, 0.1) is 0 Å². The molecule has 2 heterocycles. The number of rotatable bonds is 4. The molecule has 3 rings (SSSR count). The molecule has 1 amide bonds. The number of carboxylic acid groups (broad SMARTS) is 1. The van der Waals surface area contributed by atoms with Gasteiger partial charge < -0.3 is 19.9 Å². The van der Waals surface area contributed by atoms with Crippen molar-refractivity contribution < 1.29 is 24.2 Å². The predicted molar refractivity (Wildman–Crippen MR) is 73.1 cm³/mol. The molecule has 112 valence electrons. The second-order valence-corrected chi connectivity index (χ2v) is 5.25. The summed E-state index contributed by atoms with van der Waals surface area (Å²) in [5.41, 5.74) is 1.53. The fraction of sp³-hybridized carbons (Fsp3) is 0.467. The largest absolute Gasteiger partial charge is 0.493 e. The van der Waals surface area contributed by atoms with Crippen LogP contribution in [0.4, 0.5) is 0 Å². The number of amides is 1. The molecule has 1 aromatic rings.